The first-order valence-corrected chi connectivity index (χ1v) is 9.67. The van der Waals surface area contributed by atoms with E-state index in [-0.39, 0.29) is 18.0 Å². The first kappa shape index (κ1) is 19.0. The van der Waals surface area contributed by atoms with E-state index in [9.17, 15) is 9.59 Å². The number of para-hydroxylation sites is 1. The van der Waals surface area contributed by atoms with Gasteiger partial charge in [-0.3, -0.25) is 4.79 Å². The Balaban J connectivity index is 1.57. The number of piperidine rings is 1. The molecule has 0 bridgehead atoms. The first-order valence-electron chi connectivity index (χ1n) is 9.67. The third-order valence-electron chi connectivity index (χ3n) is 4.85. The van der Waals surface area contributed by atoms with Crippen molar-refractivity contribution in [2.24, 2.45) is 0 Å². The van der Waals surface area contributed by atoms with Gasteiger partial charge in [-0.15, -0.1) is 0 Å². The molecule has 0 saturated carbocycles. The van der Waals surface area contributed by atoms with Crippen molar-refractivity contribution in [3.8, 4) is 0 Å². The number of nitrogens with zero attached hydrogens (tertiary/aromatic N) is 1. The van der Waals surface area contributed by atoms with Gasteiger partial charge in [-0.25, -0.2) is 4.79 Å². The summed E-state index contributed by atoms with van der Waals surface area (Å²) in [7, 11) is 0. The zero-order valence-electron chi connectivity index (χ0n) is 15.8. The van der Waals surface area contributed by atoms with Crippen molar-refractivity contribution in [3.63, 3.8) is 0 Å². The largest absolute Gasteiger partial charge is 0.337 e. The van der Waals surface area contributed by atoms with E-state index in [0.717, 1.165) is 43.5 Å². The maximum atomic E-state index is 12.6. The molecule has 0 aliphatic carbocycles. The van der Waals surface area contributed by atoms with Crippen LogP contribution in [0.5, 0.6) is 0 Å². The highest BCUT2D eigenvalue weighted by atomic mass is 16.2. The standard InChI is InChI=1S/C22H27N3O2/c1-2-9-17-10-6-7-14-20(17)24-22(27)23-19-13-8-15-25(16-19)21(26)18-11-4-3-5-12-18/h3-7,10-12,14,19H,2,8-9,13,15-16H2,1H3,(H2,23,24,27)/t19-/m1/s1. The molecule has 1 aliphatic heterocycles. The SMILES string of the molecule is CCCc1ccccc1NC(=O)N[C@@H]1CCCN(C(=O)c2ccccc2)C1. The van der Waals surface area contributed by atoms with Gasteiger partial charge in [0, 0.05) is 30.4 Å². The highest BCUT2D eigenvalue weighted by Gasteiger charge is 2.25. The van der Waals surface area contributed by atoms with Gasteiger partial charge >= 0.3 is 6.03 Å². The van der Waals surface area contributed by atoms with E-state index in [0.29, 0.717) is 12.1 Å². The Kier molecular flexibility index (Phi) is 6.47. The lowest BCUT2D eigenvalue weighted by Gasteiger charge is -2.33. The van der Waals surface area contributed by atoms with Gasteiger partial charge in [-0.2, -0.15) is 0 Å². The van der Waals surface area contributed by atoms with Crippen molar-refractivity contribution in [3.05, 3.63) is 65.7 Å². The van der Waals surface area contributed by atoms with Crippen molar-refractivity contribution in [1.29, 1.82) is 0 Å². The molecular formula is C22H27N3O2. The summed E-state index contributed by atoms with van der Waals surface area (Å²) in [6, 6.07) is 16.9. The fraction of sp³-hybridized carbons (Fsp3) is 0.364. The number of hydrogen-bond donors (Lipinski definition) is 2. The molecule has 142 valence electrons. The maximum Gasteiger partial charge on any atom is 0.319 e. The molecule has 2 aromatic carbocycles. The van der Waals surface area contributed by atoms with Crippen LogP contribution in [0.4, 0.5) is 10.5 Å². The summed E-state index contributed by atoms with van der Waals surface area (Å²) in [6.07, 6.45) is 3.72. The fourth-order valence-electron chi connectivity index (χ4n) is 3.52. The second kappa shape index (κ2) is 9.21. The van der Waals surface area contributed by atoms with E-state index < -0.39 is 0 Å². The number of urea groups is 1. The molecule has 1 fully saturated rings. The van der Waals surface area contributed by atoms with Crippen LogP contribution in [0.3, 0.4) is 0 Å². The Bertz CT molecular complexity index is 776. The number of benzene rings is 2. The number of hydrogen-bond acceptors (Lipinski definition) is 2. The molecule has 0 radical (unpaired) electrons. The molecule has 1 heterocycles. The normalized spacial score (nSPS) is 16.6. The highest BCUT2D eigenvalue weighted by Crippen LogP contribution is 2.18. The quantitative estimate of drug-likeness (QED) is 0.839. The number of nitrogens with one attached hydrogen (secondary N) is 2. The van der Waals surface area contributed by atoms with Crippen molar-refractivity contribution in [2.75, 3.05) is 18.4 Å². The van der Waals surface area contributed by atoms with E-state index >= 15 is 0 Å². The molecule has 0 unspecified atom stereocenters. The van der Waals surface area contributed by atoms with Crippen LogP contribution in [-0.4, -0.2) is 36.0 Å². The van der Waals surface area contributed by atoms with Gasteiger partial charge in [0.15, 0.2) is 0 Å². The molecule has 3 amide bonds. The molecule has 5 nitrogen and oxygen atoms in total. The van der Waals surface area contributed by atoms with E-state index in [4.69, 9.17) is 0 Å². The minimum absolute atomic E-state index is 0.0239. The maximum absolute atomic E-state index is 12.6. The lowest BCUT2D eigenvalue weighted by atomic mass is 10.0. The highest BCUT2D eigenvalue weighted by molar-refractivity contribution is 5.94. The molecule has 5 heteroatoms. The van der Waals surface area contributed by atoms with E-state index in [1.54, 1.807) is 0 Å². The van der Waals surface area contributed by atoms with E-state index in [1.807, 2.05) is 59.5 Å². The number of carbonyl (C=O) groups excluding carboxylic acids is 2. The summed E-state index contributed by atoms with van der Waals surface area (Å²) in [5.41, 5.74) is 2.68. The lowest BCUT2D eigenvalue weighted by molar-refractivity contribution is 0.0698. The van der Waals surface area contributed by atoms with Crippen LogP contribution in [0.2, 0.25) is 0 Å². The third-order valence-corrected chi connectivity index (χ3v) is 4.85. The molecule has 1 atom stereocenters. The molecule has 1 aliphatic rings. The van der Waals surface area contributed by atoms with Crippen LogP contribution in [0, 0.1) is 0 Å². The lowest BCUT2D eigenvalue weighted by Crippen LogP contribution is -2.50. The average Bonchev–Trinajstić information content (AvgIpc) is 2.70. The third kappa shape index (κ3) is 5.09. The molecule has 27 heavy (non-hydrogen) atoms. The Morgan fingerprint density at radius 3 is 2.59 bits per heavy atom. The number of anilines is 1. The Morgan fingerprint density at radius 2 is 1.81 bits per heavy atom. The number of carbonyl (C=O) groups is 2. The van der Waals surface area contributed by atoms with Crippen molar-refractivity contribution in [2.45, 2.75) is 38.6 Å². The van der Waals surface area contributed by atoms with E-state index in [1.165, 1.54) is 0 Å². The molecular weight excluding hydrogens is 338 g/mol. The fourth-order valence-corrected chi connectivity index (χ4v) is 3.52. The first-order chi connectivity index (χ1) is 13.2. The predicted molar refractivity (Wildman–Crippen MR) is 108 cm³/mol. The van der Waals surface area contributed by atoms with Gasteiger partial charge in [-0.05, 0) is 43.0 Å². The summed E-state index contributed by atoms with van der Waals surface area (Å²) in [5.74, 6) is 0.0239. The predicted octanol–water partition coefficient (Wildman–Crippen LogP) is 4.07. The van der Waals surface area contributed by atoms with Gasteiger partial charge in [0.1, 0.15) is 0 Å². The van der Waals surface area contributed by atoms with Crippen molar-refractivity contribution < 1.29 is 9.59 Å². The Hall–Kier alpha value is -2.82. The van der Waals surface area contributed by atoms with Gasteiger partial charge in [0.05, 0.1) is 0 Å². The average molecular weight is 365 g/mol. The van der Waals surface area contributed by atoms with Crippen LogP contribution in [-0.2, 0) is 6.42 Å². The molecule has 2 N–H and O–H groups in total. The van der Waals surface area contributed by atoms with Crippen LogP contribution in [0.1, 0.15) is 42.1 Å². The van der Waals surface area contributed by atoms with Gasteiger partial charge in [0.2, 0.25) is 0 Å². The Morgan fingerprint density at radius 1 is 1.07 bits per heavy atom. The second-order valence-electron chi connectivity index (χ2n) is 6.96. The number of rotatable bonds is 5. The van der Waals surface area contributed by atoms with Crippen molar-refractivity contribution >= 4 is 17.6 Å². The number of aryl methyl sites for hydroxylation is 1. The molecule has 1 saturated heterocycles. The van der Waals surface area contributed by atoms with Crippen LogP contribution < -0.4 is 10.6 Å². The summed E-state index contributed by atoms with van der Waals surface area (Å²) in [6.45, 7) is 3.39. The van der Waals surface area contributed by atoms with Gasteiger partial charge < -0.3 is 15.5 Å². The molecule has 3 rings (SSSR count). The summed E-state index contributed by atoms with van der Waals surface area (Å²) in [5, 5.41) is 5.99. The summed E-state index contributed by atoms with van der Waals surface area (Å²) in [4.78, 5) is 26.9. The van der Waals surface area contributed by atoms with Crippen LogP contribution >= 0.6 is 0 Å². The molecule has 2 aromatic rings. The van der Waals surface area contributed by atoms with Crippen molar-refractivity contribution in [1.82, 2.24) is 10.2 Å². The molecule has 0 spiro atoms. The van der Waals surface area contributed by atoms with Gasteiger partial charge in [0.25, 0.3) is 5.91 Å². The smallest absolute Gasteiger partial charge is 0.319 e. The molecule has 0 aromatic heterocycles. The zero-order chi connectivity index (χ0) is 19.1. The monoisotopic (exact) mass is 365 g/mol. The van der Waals surface area contributed by atoms with Crippen LogP contribution in [0.25, 0.3) is 0 Å². The minimum Gasteiger partial charge on any atom is -0.337 e. The van der Waals surface area contributed by atoms with Gasteiger partial charge in [-0.1, -0.05) is 49.7 Å². The summed E-state index contributed by atoms with van der Waals surface area (Å²) >= 11 is 0. The van der Waals surface area contributed by atoms with Crippen LogP contribution in [0.15, 0.2) is 54.6 Å². The number of likely N-dealkylation sites (tertiary alicyclic amines) is 1. The Labute approximate surface area is 160 Å². The van der Waals surface area contributed by atoms with E-state index in [2.05, 4.69) is 17.6 Å². The minimum atomic E-state index is -0.211. The summed E-state index contributed by atoms with van der Waals surface area (Å²) < 4.78 is 0. The number of amides is 3. The topological polar surface area (TPSA) is 61.4 Å². The zero-order valence-corrected chi connectivity index (χ0v) is 15.8. The second-order valence-corrected chi connectivity index (χ2v) is 6.96.